The minimum atomic E-state index is -0.154. The molecule has 0 aliphatic carbocycles. The zero-order chi connectivity index (χ0) is 18.2. The van der Waals surface area contributed by atoms with Crippen molar-refractivity contribution in [3.05, 3.63) is 30.0 Å². The van der Waals surface area contributed by atoms with E-state index >= 15 is 0 Å². The van der Waals surface area contributed by atoms with Gasteiger partial charge in [-0.3, -0.25) is 14.7 Å². The number of nitrogens with one attached hydrogen (secondary N) is 1. The van der Waals surface area contributed by atoms with Crippen LogP contribution in [0.1, 0.15) is 12.0 Å². The van der Waals surface area contributed by atoms with Gasteiger partial charge in [-0.2, -0.15) is 0 Å². The Kier molecular flexibility index (Phi) is 7.12. The van der Waals surface area contributed by atoms with Crippen molar-refractivity contribution in [2.75, 3.05) is 45.3 Å². The Morgan fingerprint density at radius 1 is 1.24 bits per heavy atom. The minimum Gasteiger partial charge on any atom is -0.497 e. The molecule has 0 aliphatic heterocycles. The maximum absolute atomic E-state index is 12.3. The van der Waals surface area contributed by atoms with E-state index in [1.165, 1.54) is 0 Å². The molecule has 0 spiro atoms. The summed E-state index contributed by atoms with van der Waals surface area (Å²) in [6, 6.07) is 5.57. The summed E-state index contributed by atoms with van der Waals surface area (Å²) in [6.07, 6.45) is 1.97. The van der Waals surface area contributed by atoms with Crippen molar-refractivity contribution in [3.8, 4) is 5.75 Å². The fourth-order valence-electron chi connectivity index (χ4n) is 2.66. The van der Waals surface area contributed by atoms with Crippen LogP contribution < -0.4 is 10.1 Å². The summed E-state index contributed by atoms with van der Waals surface area (Å²) in [4.78, 5) is 18.5. The third kappa shape index (κ3) is 5.12. The van der Waals surface area contributed by atoms with Gasteiger partial charge in [0.25, 0.3) is 0 Å². The van der Waals surface area contributed by atoms with Gasteiger partial charge in [0.2, 0.25) is 5.91 Å². The number of benzene rings is 1. The van der Waals surface area contributed by atoms with E-state index in [4.69, 9.17) is 14.9 Å². The van der Waals surface area contributed by atoms with Gasteiger partial charge in [-0.05, 0) is 24.6 Å². The van der Waals surface area contributed by atoms with Crippen molar-refractivity contribution < 1.29 is 19.7 Å². The molecular weight excluding hydrogens is 322 g/mol. The molecule has 0 unspecified atom stereocenters. The molecule has 3 N–H and O–H groups in total. The minimum absolute atomic E-state index is 0.00859. The number of aliphatic hydroxyl groups is 2. The zero-order valence-electron chi connectivity index (χ0n) is 14.7. The average molecular weight is 347 g/mol. The van der Waals surface area contributed by atoms with Gasteiger partial charge in [-0.15, -0.1) is 0 Å². The molecule has 7 heteroatoms. The molecule has 1 aromatic carbocycles. The molecule has 0 fully saturated rings. The number of pyridine rings is 1. The fraction of sp³-hybridized carbons (Fsp3) is 0.444. The number of aromatic nitrogens is 1. The molecule has 7 nitrogen and oxygen atoms in total. The van der Waals surface area contributed by atoms with Crippen LogP contribution in [0.4, 0.5) is 5.69 Å². The van der Waals surface area contributed by atoms with E-state index in [1.54, 1.807) is 19.4 Å². The molecule has 25 heavy (non-hydrogen) atoms. The summed E-state index contributed by atoms with van der Waals surface area (Å²) >= 11 is 0. The van der Waals surface area contributed by atoms with Crippen molar-refractivity contribution in [3.63, 3.8) is 0 Å². The topological polar surface area (TPSA) is 94.9 Å². The molecule has 0 atom stereocenters. The molecule has 136 valence electrons. The first kappa shape index (κ1) is 19.1. The van der Waals surface area contributed by atoms with Crippen LogP contribution in [0.2, 0.25) is 0 Å². The number of ether oxygens (including phenoxy) is 1. The molecule has 1 amide bonds. The Hall–Kier alpha value is -2.22. The second-order valence-electron chi connectivity index (χ2n) is 5.79. The SMILES string of the molecule is COc1cc(NC(=O)CCN(CCO)CCO)c2nccc(C)c2c1. The first-order chi connectivity index (χ1) is 12.1. The van der Waals surface area contributed by atoms with Crippen LogP contribution >= 0.6 is 0 Å². The van der Waals surface area contributed by atoms with E-state index in [0.29, 0.717) is 31.1 Å². The highest BCUT2D eigenvalue weighted by Crippen LogP contribution is 2.29. The van der Waals surface area contributed by atoms with Crippen LogP contribution in [0.5, 0.6) is 5.75 Å². The van der Waals surface area contributed by atoms with Gasteiger partial charge in [-0.25, -0.2) is 0 Å². The molecule has 0 saturated heterocycles. The van der Waals surface area contributed by atoms with Crippen molar-refractivity contribution in [2.24, 2.45) is 0 Å². The molecule has 1 heterocycles. The van der Waals surface area contributed by atoms with Gasteiger partial charge in [0.1, 0.15) is 5.75 Å². The number of rotatable bonds is 9. The standard InChI is InChI=1S/C18H25N3O4/c1-13-3-5-19-18-15(13)11-14(25-2)12-16(18)20-17(24)4-6-21(7-9-22)8-10-23/h3,5,11-12,22-23H,4,6-10H2,1-2H3,(H,20,24). The van der Waals surface area contributed by atoms with Crippen LogP contribution in [-0.2, 0) is 4.79 Å². The number of amides is 1. The van der Waals surface area contributed by atoms with Crippen molar-refractivity contribution in [2.45, 2.75) is 13.3 Å². The highest BCUT2D eigenvalue weighted by molar-refractivity contribution is 6.01. The van der Waals surface area contributed by atoms with E-state index < -0.39 is 0 Å². The zero-order valence-corrected chi connectivity index (χ0v) is 14.7. The van der Waals surface area contributed by atoms with Gasteiger partial charge in [0.15, 0.2) is 0 Å². The molecule has 0 bridgehead atoms. The predicted molar refractivity (Wildman–Crippen MR) is 96.9 cm³/mol. The number of fused-ring (bicyclic) bond motifs is 1. The number of aryl methyl sites for hydroxylation is 1. The second kappa shape index (κ2) is 9.31. The van der Waals surface area contributed by atoms with Gasteiger partial charge in [-0.1, -0.05) is 0 Å². The number of hydrogen-bond donors (Lipinski definition) is 3. The number of carbonyl (C=O) groups excluding carboxylic acids is 1. The largest absolute Gasteiger partial charge is 0.497 e. The number of hydrogen-bond acceptors (Lipinski definition) is 6. The number of anilines is 1. The quantitative estimate of drug-likeness (QED) is 0.630. The number of carbonyl (C=O) groups is 1. The number of aliphatic hydroxyl groups excluding tert-OH is 2. The molecular formula is C18H25N3O4. The highest BCUT2D eigenvalue weighted by atomic mass is 16.5. The summed E-state index contributed by atoms with van der Waals surface area (Å²) in [7, 11) is 1.58. The molecule has 0 radical (unpaired) electrons. The lowest BCUT2D eigenvalue weighted by Gasteiger charge is -2.19. The molecule has 2 aromatic rings. The fourth-order valence-corrected chi connectivity index (χ4v) is 2.66. The lowest BCUT2D eigenvalue weighted by Crippen LogP contribution is -2.32. The maximum Gasteiger partial charge on any atom is 0.225 e. The Labute approximate surface area is 147 Å². The van der Waals surface area contributed by atoms with E-state index in [9.17, 15) is 4.79 Å². The second-order valence-corrected chi connectivity index (χ2v) is 5.79. The maximum atomic E-state index is 12.3. The van der Waals surface area contributed by atoms with E-state index in [1.807, 2.05) is 24.0 Å². The van der Waals surface area contributed by atoms with Crippen LogP contribution in [-0.4, -0.2) is 66.0 Å². The Balaban J connectivity index is 2.13. The number of nitrogens with zero attached hydrogens (tertiary/aromatic N) is 2. The molecule has 0 aliphatic rings. The van der Waals surface area contributed by atoms with Gasteiger partial charge in [0.05, 0.1) is 31.5 Å². The Morgan fingerprint density at radius 3 is 2.60 bits per heavy atom. The predicted octanol–water partition coefficient (Wildman–Crippen LogP) is 1.17. The first-order valence-electron chi connectivity index (χ1n) is 8.26. The van der Waals surface area contributed by atoms with Crippen molar-refractivity contribution in [1.29, 1.82) is 0 Å². The van der Waals surface area contributed by atoms with Crippen LogP contribution in [0.25, 0.3) is 10.9 Å². The number of methoxy groups -OCH3 is 1. The normalized spacial score (nSPS) is 11.1. The van der Waals surface area contributed by atoms with E-state index in [-0.39, 0.29) is 25.5 Å². The van der Waals surface area contributed by atoms with Crippen molar-refractivity contribution >= 4 is 22.5 Å². The lowest BCUT2D eigenvalue weighted by atomic mass is 10.1. The van der Waals surface area contributed by atoms with E-state index in [2.05, 4.69) is 10.3 Å². The monoisotopic (exact) mass is 347 g/mol. The van der Waals surface area contributed by atoms with Crippen LogP contribution in [0, 0.1) is 6.92 Å². The summed E-state index contributed by atoms with van der Waals surface area (Å²) in [5.74, 6) is 0.500. The van der Waals surface area contributed by atoms with Gasteiger partial charge in [0, 0.05) is 43.7 Å². The Morgan fingerprint density at radius 2 is 1.96 bits per heavy atom. The summed E-state index contributed by atoms with van der Waals surface area (Å²) in [5, 5.41) is 21.9. The van der Waals surface area contributed by atoms with Crippen LogP contribution in [0.15, 0.2) is 24.4 Å². The van der Waals surface area contributed by atoms with Gasteiger partial charge >= 0.3 is 0 Å². The molecule has 2 rings (SSSR count). The average Bonchev–Trinajstić information content (AvgIpc) is 2.60. The Bertz CT molecular complexity index is 715. The van der Waals surface area contributed by atoms with E-state index in [0.717, 1.165) is 16.5 Å². The smallest absolute Gasteiger partial charge is 0.225 e. The molecule has 1 aromatic heterocycles. The third-order valence-electron chi connectivity index (χ3n) is 4.03. The van der Waals surface area contributed by atoms with Gasteiger partial charge < -0.3 is 20.3 Å². The first-order valence-corrected chi connectivity index (χ1v) is 8.26. The summed E-state index contributed by atoms with van der Waals surface area (Å²) in [5.41, 5.74) is 2.38. The summed E-state index contributed by atoms with van der Waals surface area (Å²) in [6.45, 7) is 3.28. The molecule has 0 saturated carbocycles. The highest BCUT2D eigenvalue weighted by Gasteiger charge is 2.12. The van der Waals surface area contributed by atoms with Crippen LogP contribution in [0.3, 0.4) is 0 Å². The lowest BCUT2D eigenvalue weighted by molar-refractivity contribution is -0.116. The summed E-state index contributed by atoms with van der Waals surface area (Å²) < 4.78 is 5.32. The van der Waals surface area contributed by atoms with Crippen molar-refractivity contribution in [1.82, 2.24) is 9.88 Å². The third-order valence-corrected chi connectivity index (χ3v) is 4.03.